The number of nitrogens with one attached hydrogen (secondary N) is 3. The maximum atomic E-state index is 13.2. The molecule has 228 valence electrons. The molecule has 0 bridgehead atoms. The van der Waals surface area contributed by atoms with Crippen LogP contribution in [0.25, 0.3) is 0 Å². The summed E-state index contributed by atoms with van der Waals surface area (Å²) in [5.74, 6) is 0.548. The maximum absolute atomic E-state index is 13.2. The minimum absolute atomic E-state index is 0.219. The second-order valence-electron chi connectivity index (χ2n) is 10.7. The van der Waals surface area contributed by atoms with E-state index in [9.17, 15) is 14.7 Å². The first kappa shape index (κ1) is 30.2. The predicted molar refractivity (Wildman–Crippen MR) is 166 cm³/mol. The number of anilines is 5. The monoisotopic (exact) mass is 597 g/mol. The first-order valence-electron chi connectivity index (χ1n) is 14.2. The lowest BCUT2D eigenvalue weighted by Crippen LogP contribution is -2.48. The van der Waals surface area contributed by atoms with Crippen LogP contribution in [0.2, 0.25) is 0 Å². The van der Waals surface area contributed by atoms with Gasteiger partial charge in [0.2, 0.25) is 5.95 Å². The number of benzene rings is 1. The Bertz CT molecular complexity index is 1590. The van der Waals surface area contributed by atoms with Crippen molar-refractivity contribution >= 4 is 41.0 Å². The molecule has 1 aliphatic rings. The molecule has 4 heterocycles. The quantitative estimate of drug-likeness (QED) is 0.222. The lowest BCUT2D eigenvalue weighted by atomic mass is 10.1. The lowest BCUT2D eigenvalue weighted by Gasteiger charge is -2.35. The summed E-state index contributed by atoms with van der Waals surface area (Å²) in [6.07, 6.45) is 4.49. The normalized spacial score (nSPS) is 13.3. The van der Waals surface area contributed by atoms with E-state index in [-0.39, 0.29) is 35.9 Å². The molecular weight excluding hydrogens is 562 g/mol. The Morgan fingerprint density at radius 1 is 0.955 bits per heavy atom. The van der Waals surface area contributed by atoms with Gasteiger partial charge < -0.3 is 35.6 Å². The van der Waals surface area contributed by atoms with Gasteiger partial charge in [-0.1, -0.05) is 12.1 Å². The van der Waals surface area contributed by atoms with Crippen LogP contribution in [-0.2, 0) is 16.9 Å². The number of carbonyl (C=O) groups is 2. The Morgan fingerprint density at radius 3 is 2.41 bits per heavy atom. The SMILES string of the molecule is COC(=O)N1CCN(c2ccc(Nc3ncc(C(=O)NCc4cccnc4)c(Nc4cccc(C(C)(C)O)n4)n3)cc2)CC1. The van der Waals surface area contributed by atoms with Gasteiger partial charge in [0.15, 0.2) is 0 Å². The van der Waals surface area contributed by atoms with Gasteiger partial charge >= 0.3 is 6.09 Å². The summed E-state index contributed by atoms with van der Waals surface area (Å²) in [5, 5.41) is 19.6. The van der Waals surface area contributed by atoms with Crippen molar-refractivity contribution in [3.05, 3.63) is 90.0 Å². The first-order valence-corrected chi connectivity index (χ1v) is 14.2. The van der Waals surface area contributed by atoms with E-state index >= 15 is 0 Å². The number of rotatable bonds is 9. The van der Waals surface area contributed by atoms with E-state index in [1.165, 1.54) is 13.3 Å². The molecule has 0 radical (unpaired) electrons. The fourth-order valence-corrected chi connectivity index (χ4v) is 4.61. The molecule has 1 fully saturated rings. The molecule has 1 aliphatic heterocycles. The Hall–Kier alpha value is -5.30. The summed E-state index contributed by atoms with van der Waals surface area (Å²) in [6, 6.07) is 16.7. The molecule has 0 saturated carbocycles. The average Bonchev–Trinajstić information content (AvgIpc) is 3.04. The molecule has 4 N–H and O–H groups in total. The van der Waals surface area contributed by atoms with E-state index in [2.05, 4.69) is 40.8 Å². The van der Waals surface area contributed by atoms with Gasteiger partial charge in [0.1, 0.15) is 22.8 Å². The number of carbonyl (C=O) groups excluding carboxylic acids is 2. The van der Waals surface area contributed by atoms with Crippen molar-refractivity contribution in [2.24, 2.45) is 0 Å². The number of nitrogens with zero attached hydrogens (tertiary/aromatic N) is 6. The topological polar surface area (TPSA) is 158 Å². The Kier molecular flexibility index (Phi) is 9.15. The number of hydrogen-bond acceptors (Lipinski definition) is 11. The Morgan fingerprint density at radius 2 is 1.73 bits per heavy atom. The van der Waals surface area contributed by atoms with Crippen LogP contribution in [0.15, 0.2) is 73.2 Å². The minimum atomic E-state index is -1.15. The first-order chi connectivity index (χ1) is 21.2. The molecule has 13 heteroatoms. The minimum Gasteiger partial charge on any atom is -0.453 e. The molecule has 3 aromatic heterocycles. The lowest BCUT2D eigenvalue weighted by molar-refractivity contribution is 0.0740. The largest absolute Gasteiger partial charge is 0.453 e. The highest BCUT2D eigenvalue weighted by Gasteiger charge is 2.22. The van der Waals surface area contributed by atoms with Gasteiger partial charge in [-0.2, -0.15) is 4.98 Å². The highest BCUT2D eigenvalue weighted by molar-refractivity contribution is 5.99. The predicted octanol–water partition coefficient (Wildman–Crippen LogP) is 3.80. The van der Waals surface area contributed by atoms with E-state index in [1.807, 2.05) is 30.3 Å². The highest BCUT2D eigenvalue weighted by Crippen LogP contribution is 2.25. The van der Waals surface area contributed by atoms with Crippen LogP contribution >= 0.6 is 0 Å². The fourth-order valence-electron chi connectivity index (χ4n) is 4.61. The van der Waals surface area contributed by atoms with Crippen LogP contribution in [0, 0.1) is 0 Å². The Balaban J connectivity index is 1.33. The van der Waals surface area contributed by atoms with Gasteiger partial charge in [-0.05, 0) is 61.9 Å². The van der Waals surface area contributed by atoms with E-state index < -0.39 is 5.60 Å². The molecule has 0 spiro atoms. The number of methoxy groups -OCH3 is 1. The molecule has 4 aromatic rings. The number of aliphatic hydroxyl groups is 1. The van der Waals surface area contributed by atoms with E-state index in [1.54, 1.807) is 55.4 Å². The molecule has 2 amide bonds. The van der Waals surface area contributed by atoms with Gasteiger partial charge in [-0.15, -0.1) is 0 Å². The van der Waals surface area contributed by atoms with Crippen LogP contribution in [0.3, 0.4) is 0 Å². The number of piperazine rings is 1. The highest BCUT2D eigenvalue weighted by atomic mass is 16.5. The Labute approximate surface area is 255 Å². The van der Waals surface area contributed by atoms with Crippen molar-refractivity contribution in [3.63, 3.8) is 0 Å². The molecule has 1 saturated heterocycles. The molecule has 13 nitrogen and oxygen atoms in total. The summed E-state index contributed by atoms with van der Waals surface area (Å²) in [7, 11) is 1.39. The third kappa shape index (κ3) is 7.55. The van der Waals surface area contributed by atoms with Crippen molar-refractivity contribution in [3.8, 4) is 0 Å². The van der Waals surface area contributed by atoms with Crippen LogP contribution < -0.4 is 20.9 Å². The van der Waals surface area contributed by atoms with Crippen molar-refractivity contribution < 1.29 is 19.4 Å². The zero-order valence-corrected chi connectivity index (χ0v) is 24.8. The van der Waals surface area contributed by atoms with Gasteiger partial charge in [0.05, 0.1) is 12.8 Å². The van der Waals surface area contributed by atoms with Gasteiger partial charge in [0.25, 0.3) is 5.91 Å². The number of ether oxygens (including phenoxy) is 1. The van der Waals surface area contributed by atoms with Crippen LogP contribution in [0.5, 0.6) is 0 Å². The third-order valence-corrected chi connectivity index (χ3v) is 7.03. The van der Waals surface area contributed by atoms with Crippen molar-refractivity contribution in [2.75, 3.05) is 48.8 Å². The van der Waals surface area contributed by atoms with Gasteiger partial charge in [-0.3, -0.25) is 9.78 Å². The molecule has 0 aliphatic carbocycles. The zero-order chi connectivity index (χ0) is 31.1. The zero-order valence-electron chi connectivity index (χ0n) is 24.8. The number of aromatic nitrogens is 4. The van der Waals surface area contributed by atoms with Crippen LogP contribution in [0.4, 0.5) is 33.8 Å². The van der Waals surface area contributed by atoms with Crippen molar-refractivity contribution in [2.45, 2.75) is 26.0 Å². The standard InChI is InChI=1S/C31H35N9O4/c1-31(2,43)25-7-4-8-26(36-25)37-27-24(28(41)33-19-21-6-5-13-32-18-21)20-34-29(38-27)35-22-9-11-23(12-10-22)39-14-16-40(17-15-39)30(42)44-3/h4-13,18,20,43H,14-17,19H2,1-3H3,(H,33,41)(H2,34,35,36,37,38). The summed E-state index contributed by atoms with van der Waals surface area (Å²) in [5.41, 5.74) is 2.16. The van der Waals surface area contributed by atoms with E-state index in [4.69, 9.17) is 4.74 Å². The summed E-state index contributed by atoms with van der Waals surface area (Å²) < 4.78 is 4.82. The summed E-state index contributed by atoms with van der Waals surface area (Å²) in [4.78, 5) is 46.5. The molecule has 44 heavy (non-hydrogen) atoms. The number of pyridine rings is 2. The number of amides is 2. The molecule has 5 rings (SSSR count). The molecular formula is C31H35N9O4. The average molecular weight is 598 g/mol. The van der Waals surface area contributed by atoms with Crippen molar-refractivity contribution in [1.29, 1.82) is 0 Å². The van der Waals surface area contributed by atoms with E-state index in [0.717, 1.165) is 16.9 Å². The smallest absolute Gasteiger partial charge is 0.409 e. The second-order valence-corrected chi connectivity index (χ2v) is 10.7. The molecule has 1 aromatic carbocycles. The summed E-state index contributed by atoms with van der Waals surface area (Å²) in [6.45, 7) is 6.16. The van der Waals surface area contributed by atoms with Gasteiger partial charge in [-0.25, -0.2) is 14.8 Å². The van der Waals surface area contributed by atoms with Crippen molar-refractivity contribution in [1.82, 2.24) is 30.2 Å². The fraction of sp³-hybridized carbons (Fsp3) is 0.290. The summed E-state index contributed by atoms with van der Waals surface area (Å²) >= 11 is 0. The van der Waals surface area contributed by atoms with Crippen LogP contribution in [0.1, 0.15) is 35.5 Å². The third-order valence-electron chi connectivity index (χ3n) is 7.03. The van der Waals surface area contributed by atoms with E-state index in [0.29, 0.717) is 37.7 Å². The van der Waals surface area contributed by atoms with Gasteiger partial charge in [0, 0.05) is 62.7 Å². The molecule has 0 unspecified atom stereocenters. The second kappa shape index (κ2) is 13.3. The van der Waals surface area contributed by atoms with Crippen LogP contribution in [-0.4, -0.2) is 75.2 Å². The molecule has 0 atom stereocenters. The maximum Gasteiger partial charge on any atom is 0.409 e. The number of hydrogen-bond donors (Lipinski definition) is 4.